The van der Waals surface area contributed by atoms with Crippen LogP contribution in [0, 0.1) is 24.6 Å². The van der Waals surface area contributed by atoms with Crippen molar-refractivity contribution in [3.63, 3.8) is 0 Å². The zero-order chi connectivity index (χ0) is 19.0. The molecule has 144 valence electrons. The van der Waals surface area contributed by atoms with E-state index in [0.717, 1.165) is 30.1 Å². The lowest BCUT2D eigenvalue weighted by Gasteiger charge is -2.29. The van der Waals surface area contributed by atoms with Crippen molar-refractivity contribution >= 4 is 5.91 Å². The van der Waals surface area contributed by atoms with Gasteiger partial charge in [0, 0.05) is 38.7 Å². The summed E-state index contributed by atoms with van der Waals surface area (Å²) in [6.45, 7) is 5.04. The molecule has 0 bridgehead atoms. The minimum atomic E-state index is -0.276. The molecule has 2 fully saturated rings. The topological polar surface area (TPSA) is 58.8 Å². The van der Waals surface area contributed by atoms with Gasteiger partial charge in [0.05, 0.1) is 18.3 Å². The number of nitrogens with zero attached hydrogens (tertiary/aromatic N) is 3. The molecule has 3 heterocycles. The molecule has 0 radical (unpaired) electrons. The Labute approximate surface area is 157 Å². The van der Waals surface area contributed by atoms with Crippen molar-refractivity contribution in [2.75, 3.05) is 33.4 Å². The average Bonchev–Trinajstić information content (AvgIpc) is 3.29. The largest absolute Gasteiger partial charge is 0.375 e. The number of aryl methyl sites for hydroxylation is 1. The number of benzene rings is 1. The van der Waals surface area contributed by atoms with E-state index in [1.54, 1.807) is 12.1 Å². The van der Waals surface area contributed by atoms with E-state index in [4.69, 9.17) is 9.26 Å². The van der Waals surface area contributed by atoms with Gasteiger partial charge in [-0.2, -0.15) is 0 Å². The van der Waals surface area contributed by atoms with Crippen molar-refractivity contribution in [1.82, 2.24) is 15.0 Å². The molecule has 0 saturated carbocycles. The number of carbonyl (C=O) groups excluding carboxylic acids is 1. The van der Waals surface area contributed by atoms with Crippen LogP contribution in [-0.2, 0) is 16.1 Å². The first-order valence-corrected chi connectivity index (χ1v) is 9.23. The van der Waals surface area contributed by atoms with Crippen LogP contribution in [0.2, 0.25) is 0 Å². The second-order valence-corrected chi connectivity index (χ2v) is 7.53. The predicted octanol–water partition coefficient (Wildman–Crippen LogP) is 2.40. The maximum absolute atomic E-state index is 13.8. The van der Waals surface area contributed by atoms with Crippen LogP contribution in [0.25, 0.3) is 0 Å². The molecule has 0 unspecified atom stereocenters. The molecule has 0 N–H and O–H groups in total. The molecule has 7 heteroatoms. The zero-order valence-electron chi connectivity index (χ0n) is 15.6. The molecular weight excluding hydrogens is 349 g/mol. The van der Waals surface area contributed by atoms with Gasteiger partial charge in [0.1, 0.15) is 12.4 Å². The molecule has 27 heavy (non-hydrogen) atoms. The highest BCUT2D eigenvalue weighted by Gasteiger charge is 2.49. The summed E-state index contributed by atoms with van der Waals surface area (Å²) < 4.78 is 24.2. The molecular formula is C20H24FN3O3. The number of amides is 1. The Morgan fingerprint density at radius 3 is 2.89 bits per heavy atom. The Morgan fingerprint density at radius 2 is 2.19 bits per heavy atom. The summed E-state index contributed by atoms with van der Waals surface area (Å²) in [5.41, 5.74) is 1.72. The van der Waals surface area contributed by atoms with Crippen molar-refractivity contribution < 1.29 is 18.4 Å². The van der Waals surface area contributed by atoms with Crippen molar-refractivity contribution in [3.05, 3.63) is 53.2 Å². The Balaban J connectivity index is 1.56. The summed E-state index contributed by atoms with van der Waals surface area (Å²) in [6, 6.07) is 8.42. The van der Waals surface area contributed by atoms with Crippen LogP contribution in [0.1, 0.15) is 23.1 Å². The lowest BCUT2D eigenvalue weighted by Crippen LogP contribution is -2.37. The third-order valence-corrected chi connectivity index (χ3v) is 5.57. The average molecular weight is 373 g/mol. The van der Waals surface area contributed by atoms with Crippen LogP contribution < -0.4 is 0 Å². The van der Waals surface area contributed by atoms with Crippen molar-refractivity contribution in [1.29, 1.82) is 0 Å². The second-order valence-electron chi connectivity index (χ2n) is 7.53. The summed E-state index contributed by atoms with van der Waals surface area (Å²) >= 11 is 0. The maximum Gasteiger partial charge on any atom is 0.249 e. The van der Waals surface area contributed by atoms with E-state index in [-0.39, 0.29) is 30.3 Å². The van der Waals surface area contributed by atoms with Gasteiger partial charge in [-0.3, -0.25) is 9.69 Å². The normalized spacial score (nSPS) is 25.1. The van der Waals surface area contributed by atoms with Gasteiger partial charge >= 0.3 is 0 Å². The van der Waals surface area contributed by atoms with Gasteiger partial charge in [0.2, 0.25) is 5.91 Å². The van der Waals surface area contributed by atoms with E-state index in [2.05, 4.69) is 10.1 Å². The highest BCUT2D eigenvalue weighted by molar-refractivity contribution is 5.78. The van der Waals surface area contributed by atoms with Crippen molar-refractivity contribution in [2.45, 2.75) is 19.5 Å². The minimum Gasteiger partial charge on any atom is -0.375 e. The van der Waals surface area contributed by atoms with E-state index in [0.29, 0.717) is 19.0 Å². The fourth-order valence-electron chi connectivity index (χ4n) is 4.56. The molecule has 0 aliphatic carbocycles. The van der Waals surface area contributed by atoms with Gasteiger partial charge in [0.15, 0.2) is 5.76 Å². The molecule has 0 spiro atoms. The van der Waals surface area contributed by atoms with Gasteiger partial charge in [-0.1, -0.05) is 17.3 Å². The Bertz CT molecular complexity index is 824. The maximum atomic E-state index is 13.8. The molecule has 2 aliphatic heterocycles. The molecule has 6 nitrogen and oxygen atoms in total. The predicted molar refractivity (Wildman–Crippen MR) is 96.2 cm³/mol. The van der Waals surface area contributed by atoms with E-state index in [1.807, 2.05) is 24.0 Å². The summed E-state index contributed by atoms with van der Waals surface area (Å²) in [4.78, 5) is 16.8. The monoisotopic (exact) mass is 373 g/mol. The first kappa shape index (κ1) is 18.1. The van der Waals surface area contributed by atoms with E-state index in [9.17, 15) is 9.18 Å². The second kappa shape index (κ2) is 7.40. The molecule has 1 aromatic carbocycles. The molecule has 2 aliphatic rings. The summed E-state index contributed by atoms with van der Waals surface area (Å²) in [7, 11) is 1.52. The van der Waals surface area contributed by atoms with E-state index < -0.39 is 0 Å². The van der Waals surface area contributed by atoms with E-state index in [1.165, 1.54) is 13.2 Å². The Morgan fingerprint density at radius 1 is 1.33 bits per heavy atom. The standard InChI is InChI=1S/C20H24FN3O3/c1-13-6-17(27-22-13)10-23-8-15-9-24(19(25)12-26-2)20(18(15)11-23)14-4-3-5-16(21)7-14/h3-7,15,18,20H,8-12H2,1-2H3/t15-,18-,20+/m1/s1. The van der Waals surface area contributed by atoms with Gasteiger partial charge in [-0.25, -0.2) is 4.39 Å². The van der Waals surface area contributed by atoms with Crippen LogP contribution in [0.4, 0.5) is 4.39 Å². The quantitative estimate of drug-likeness (QED) is 0.806. The summed E-state index contributed by atoms with van der Waals surface area (Å²) in [6.07, 6.45) is 0. The smallest absolute Gasteiger partial charge is 0.249 e. The number of carbonyl (C=O) groups is 1. The third kappa shape index (κ3) is 3.61. The highest BCUT2D eigenvalue weighted by Crippen LogP contribution is 2.45. The third-order valence-electron chi connectivity index (χ3n) is 5.57. The number of methoxy groups -OCH3 is 1. The highest BCUT2D eigenvalue weighted by atomic mass is 19.1. The van der Waals surface area contributed by atoms with Crippen molar-refractivity contribution in [2.24, 2.45) is 11.8 Å². The van der Waals surface area contributed by atoms with Crippen LogP contribution in [0.3, 0.4) is 0 Å². The first-order valence-electron chi connectivity index (χ1n) is 9.23. The van der Waals surface area contributed by atoms with Gasteiger partial charge in [-0.15, -0.1) is 0 Å². The molecule has 2 aromatic rings. The zero-order valence-corrected chi connectivity index (χ0v) is 15.6. The SMILES string of the molecule is COCC(=O)N1C[C@H]2CN(Cc3cc(C)no3)C[C@H]2[C@@H]1c1cccc(F)c1. The first-order chi connectivity index (χ1) is 13.0. The number of hydrogen-bond acceptors (Lipinski definition) is 5. The molecule has 1 amide bonds. The molecule has 3 atom stereocenters. The number of likely N-dealkylation sites (tertiary alicyclic amines) is 2. The van der Waals surface area contributed by atoms with Gasteiger partial charge in [-0.05, 0) is 30.5 Å². The van der Waals surface area contributed by atoms with Gasteiger partial charge in [0.25, 0.3) is 0 Å². The number of ether oxygens (including phenoxy) is 1. The van der Waals surface area contributed by atoms with Crippen LogP contribution in [0.5, 0.6) is 0 Å². The van der Waals surface area contributed by atoms with Crippen LogP contribution in [-0.4, -0.2) is 54.2 Å². The molecule has 4 rings (SSSR count). The summed E-state index contributed by atoms with van der Waals surface area (Å²) in [5.74, 6) is 1.14. The van der Waals surface area contributed by atoms with Gasteiger partial charge < -0.3 is 14.2 Å². The number of halogens is 1. The molecule has 2 saturated heterocycles. The van der Waals surface area contributed by atoms with E-state index >= 15 is 0 Å². The Kier molecular flexibility index (Phi) is 4.97. The molecule has 1 aromatic heterocycles. The number of fused-ring (bicyclic) bond motifs is 1. The minimum absolute atomic E-state index is 0.0430. The lowest BCUT2D eigenvalue weighted by molar-refractivity contribution is -0.136. The van der Waals surface area contributed by atoms with Crippen molar-refractivity contribution in [3.8, 4) is 0 Å². The fourth-order valence-corrected chi connectivity index (χ4v) is 4.56. The number of aromatic nitrogens is 1. The number of hydrogen-bond donors (Lipinski definition) is 0. The number of rotatable bonds is 5. The lowest BCUT2D eigenvalue weighted by atomic mass is 9.89. The van der Waals surface area contributed by atoms with Crippen LogP contribution in [0.15, 0.2) is 34.9 Å². The Hall–Kier alpha value is -2.25. The van der Waals surface area contributed by atoms with Crippen LogP contribution >= 0.6 is 0 Å². The summed E-state index contributed by atoms with van der Waals surface area (Å²) in [5, 5.41) is 3.95. The fraction of sp³-hybridized carbons (Fsp3) is 0.500.